The van der Waals surface area contributed by atoms with Gasteiger partial charge < -0.3 is 9.67 Å². The van der Waals surface area contributed by atoms with Crippen molar-refractivity contribution in [2.45, 2.75) is 0 Å². The molecule has 0 bridgehead atoms. The fourth-order valence-corrected chi connectivity index (χ4v) is 2.67. The quantitative estimate of drug-likeness (QED) is 0.344. The Morgan fingerprint density at radius 3 is 2.68 bits per heavy atom. The molecule has 126 valence electrons. The third kappa shape index (κ3) is 4.21. The second-order valence-electron chi connectivity index (χ2n) is 5.14. The lowest BCUT2D eigenvalue weighted by molar-refractivity contribution is 0.0954. The van der Waals surface area contributed by atoms with E-state index in [1.807, 2.05) is 69.8 Å². The molecule has 0 unspecified atom stereocenters. The summed E-state index contributed by atoms with van der Waals surface area (Å²) in [5.41, 5.74) is 4.52. The zero-order valence-electron chi connectivity index (χ0n) is 12.9. The van der Waals surface area contributed by atoms with Crippen molar-refractivity contribution in [3.63, 3.8) is 0 Å². The zero-order valence-corrected chi connectivity index (χ0v) is 15.8. The van der Waals surface area contributed by atoms with Gasteiger partial charge in [0.1, 0.15) is 5.75 Å². The summed E-state index contributed by atoms with van der Waals surface area (Å²) >= 11 is 7.90. The van der Waals surface area contributed by atoms with Gasteiger partial charge >= 0.3 is 0 Å². The fraction of sp³-hybridized carbons (Fsp3) is 0. The average Bonchev–Trinajstić information content (AvgIpc) is 3.06. The van der Waals surface area contributed by atoms with Gasteiger partial charge in [0.15, 0.2) is 0 Å². The average molecular weight is 466 g/mol. The van der Waals surface area contributed by atoms with Gasteiger partial charge in [-0.25, -0.2) is 5.43 Å². The summed E-state index contributed by atoms with van der Waals surface area (Å²) in [4.78, 5) is 12.1. The number of halogens is 2. The topological polar surface area (TPSA) is 66.6 Å². The number of aromatic nitrogens is 1. The van der Waals surface area contributed by atoms with Gasteiger partial charge in [0.05, 0.1) is 15.5 Å². The monoisotopic (exact) mass is 465 g/mol. The van der Waals surface area contributed by atoms with Crippen molar-refractivity contribution < 1.29 is 9.90 Å². The molecule has 1 aromatic heterocycles. The first kappa shape index (κ1) is 17.5. The molecule has 0 fully saturated rings. The van der Waals surface area contributed by atoms with Crippen molar-refractivity contribution in [1.82, 2.24) is 9.99 Å². The highest BCUT2D eigenvalue weighted by molar-refractivity contribution is 14.1. The molecule has 25 heavy (non-hydrogen) atoms. The molecule has 1 amide bonds. The van der Waals surface area contributed by atoms with Gasteiger partial charge in [0.2, 0.25) is 0 Å². The van der Waals surface area contributed by atoms with Crippen LogP contribution in [-0.2, 0) is 0 Å². The van der Waals surface area contributed by atoms with E-state index in [9.17, 15) is 9.90 Å². The maximum Gasteiger partial charge on any atom is 0.271 e. The number of phenolic OH excluding ortho intramolecular Hbond substituents is 1. The Kier molecular flexibility index (Phi) is 5.40. The minimum atomic E-state index is -0.396. The molecule has 5 nitrogen and oxygen atoms in total. The predicted octanol–water partition coefficient (Wildman–Crippen LogP) is 4.20. The predicted molar refractivity (Wildman–Crippen MR) is 107 cm³/mol. The summed E-state index contributed by atoms with van der Waals surface area (Å²) in [5, 5.41) is 14.3. The molecule has 0 saturated carbocycles. The van der Waals surface area contributed by atoms with E-state index in [0.29, 0.717) is 14.2 Å². The Morgan fingerprint density at radius 2 is 1.96 bits per heavy atom. The van der Waals surface area contributed by atoms with E-state index < -0.39 is 5.91 Å². The number of hydrogen-bond acceptors (Lipinski definition) is 3. The molecule has 0 aliphatic rings. The minimum Gasteiger partial charge on any atom is -0.507 e. The standard InChI is InChI=1S/C18H13ClIN3O2/c19-13-4-6-14(7-5-13)23-9-1-2-15(23)11-21-22-18(25)12-3-8-16(20)17(24)10-12/h1-11,24H,(H,22,25)/b21-11-. The van der Waals surface area contributed by atoms with Gasteiger partial charge in [-0.15, -0.1) is 0 Å². The number of aromatic hydroxyl groups is 1. The van der Waals surface area contributed by atoms with Crippen molar-refractivity contribution in [3.8, 4) is 11.4 Å². The zero-order chi connectivity index (χ0) is 17.8. The summed E-state index contributed by atoms with van der Waals surface area (Å²) in [7, 11) is 0. The van der Waals surface area contributed by atoms with Crippen LogP contribution in [0.15, 0.2) is 65.9 Å². The summed E-state index contributed by atoms with van der Waals surface area (Å²) < 4.78 is 2.60. The molecule has 2 N–H and O–H groups in total. The number of amides is 1. The lowest BCUT2D eigenvalue weighted by atomic mass is 10.2. The summed E-state index contributed by atoms with van der Waals surface area (Å²) in [6.07, 6.45) is 3.45. The van der Waals surface area contributed by atoms with E-state index in [-0.39, 0.29) is 5.75 Å². The molecule has 0 atom stereocenters. The number of rotatable bonds is 4. The molecular weight excluding hydrogens is 453 g/mol. The van der Waals surface area contributed by atoms with Gasteiger partial charge in [-0.05, 0) is 77.2 Å². The number of phenols is 1. The fourth-order valence-electron chi connectivity index (χ4n) is 2.21. The van der Waals surface area contributed by atoms with Crippen molar-refractivity contribution in [2.24, 2.45) is 5.10 Å². The van der Waals surface area contributed by atoms with E-state index in [1.165, 1.54) is 6.07 Å². The Morgan fingerprint density at radius 1 is 1.20 bits per heavy atom. The lowest BCUT2D eigenvalue weighted by Crippen LogP contribution is -2.17. The molecule has 0 spiro atoms. The highest BCUT2D eigenvalue weighted by atomic mass is 127. The van der Waals surface area contributed by atoms with Crippen LogP contribution >= 0.6 is 34.2 Å². The van der Waals surface area contributed by atoms with E-state index in [1.54, 1.807) is 18.3 Å². The molecule has 0 aliphatic carbocycles. The highest BCUT2D eigenvalue weighted by Crippen LogP contribution is 2.20. The van der Waals surface area contributed by atoms with E-state index in [4.69, 9.17) is 11.6 Å². The number of nitrogens with zero attached hydrogens (tertiary/aromatic N) is 2. The smallest absolute Gasteiger partial charge is 0.271 e. The van der Waals surface area contributed by atoms with Gasteiger partial charge in [-0.2, -0.15) is 5.10 Å². The second kappa shape index (κ2) is 7.71. The number of carbonyl (C=O) groups excluding carboxylic acids is 1. The molecule has 0 radical (unpaired) electrons. The number of hydrazone groups is 1. The van der Waals surface area contributed by atoms with E-state index in [0.717, 1.165) is 11.4 Å². The van der Waals surface area contributed by atoms with E-state index >= 15 is 0 Å². The van der Waals surface area contributed by atoms with Crippen LogP contribution in [0.3, 0.4) is 0 Å². The molecule has 7 heteroatoms. The molecule has 2 aromatic carbocycles. The SMILES string of the molecule is O=C(N/N=C\c1cccn1-c1ccc(Cl)cc1)c1ccc(I)c(O)c1. The molecule has 1 heterocycles. The molecular formula is C18H13ClIN3O2. The van der Waals surface area contributed by atoms with Gasteiger partial charge in [0, 0.05) is 22.5 Å². The van der Waals surface area contributed by atoms with Crippen molar-refractivity contribution in [2.75, 3.05) is 0 Å². The van der Waals surface area contributed by atoms with Gasteiger partial charge in [-0.3, -0.25) is 4.79 Å². The second-order valence-corrected chi connectivity index (χ2v) is 6.74. The summed E-state index contributed by atoms with van der Waals surface area (Å²) in [5.74, 6) is -0.332. The van der Waals surface area contributed by atoms with Crippen molar-refractivity contribution in [3.05, 3.63) is 80.6 Å². The first-order valence-electron chi connectivity index (χ1n) is 7.30. The van der Waals surface area contributed by atoms with Gasteiger partial charge in [-0.1, -0.05) is 11.6 Å². The van der Waals surface area contributed by atoms with Crippen LogP contribution < -0.4 is 5.43 Å². The van der Waals surface area contributed by atoms with Crippen LogP contribution in [-0.4, -0.2) is 21.8 Å². The minimum absolute atomic E-state index is 0.0637. The number of benzene rings is 2. The Balaban J connectivity index is 1.73. The third-order valence-corrected chi connectivity index (χ3v) is 4.62. The first-order chi connectivity index (χ1) is 12.0. The van der Waals surface area contributed by atoms with Crippen molar-refractivity contribution in [1.29, 1.82) is 0 Å². The maximum atomic E-state index is 12.1. The largest absolute Gasteiger partial charge is 0.507 e. The Labute approximate surface area is 163 Å². The molecule has 0 aliphatic heterocycles. The molecule has 3 rings (SSSR count). The van der Waals surface area contributed by atoms with Gasteiger partial charge in [0.25, 0.3) is 5.91 Å². The highest BCUT2D eigenvalue weighted by Gasteiger charge is 2.07. The Hall–Kier alpha value is -2.32. The van der Waals surface area contributed by atoms with Crippen LogP contribution in [0.5, 0.6) is 5.75 Å². The number of carbonyl (C=O) groups is 1. The summed E-state index contributed by atoms with van der Waals surface area (Å²) in [6.45, 7) is 0. The van der Waals surface area contributed by atoms with Crippen LogP contribution in [0.4, 0.5) is 0 Å². The van der Waals surface area contributed by atoms with Crippen LogP contribution in [0.2, 0.25) is 5.02 Å². The van der Waals surface area contributed by atoms with E-state index in [2.05, 4.69) is 10.5 Å². The van der Waals surface area contributed by atoms with Crippen LogP contribution in [0, 0.1) is 3.57 Å². The third-order valence-electron chi connectivity index (χ3n) is 3.46. The number of nitrogens with one attached hydrogen (secondary N) is 1. The van der Waals surface area contributed by atoms with Crippen molar-refractivity contribution >= 4 is 46.3 Å². The Bertz CT molecular complexity index is 936. The summed E-state index contributed by atoms with van der Waals surface area (Å²) in [6, 6.07) is 15.9. The van der Waals surface area contributed by atoms with Crippen LogP contribution in [0.1, 0.15) is 16.1 Å². The van der Waals surface area contributed by atoms with Crippen LogP contribution in [0.25, 0.3) is 5.69 Å². The first-order valence-corrected chi connectivity index (χ1v) is 8.75. The molecule has 0 saturated heterocycles. The lowest BCUT2D eigenvalue weighted by Gasteiger charge is -2.06. The normalized spacial score (nSPS) is 11.0. The number of hydrogen-bond donors (Lipinski definition) is 2. The molecule has 3 aromatic rings. The maximum absolute atomic E-state index is 12.1.